The third-order valence-electron chi connectivity index (χ3n) is 4.32. The van der Waals surface area contributed by atoms with E-state index in [4.69, 9.17) is 14.6 Å². The number of carboxylic acids is 1. The number of benzene rings is 2. The quantitative estimate of drug-likeness (QED) is 0.453. The Morgan fingerprint density at radius 2 is 1.68 bits per heavy atom. The maximum Gasteiger partial charge on any atom is 0.304 e. The molecule has 5 nitrogen and oxygen atoms in total. The number of rotatable bonds is 15. The van der Waals surface area contributed by atoms with Gasteiger partial charge in [0.25, 0.3) is 0 Å². The van der Waals surface area contributed by atoms with Crippen LogP contribution in [0.2, 0.25) is 0 Å². The molecule has 0 amide bonds. The molecule has 28 heavy (non-hydrogen) atoms. The van der Waals surface area contributed by atoms with E-state index >= 15 is 0 Å². The third-order valence-corrected chi connectivity index (χ3v) is 4.32. The fourth-order valence-electron chi connectivity index (χ4n) is 2.78. The maximum absolute atomic E-state index is 10.5. The molecule has 5 heteroatoms. The average Bonchev–Trinajstić information content (AvgIpc) is 2.70. The largest absolute Gasteiger partial charge is 0.494 e. The van der Waals surface area contributed by atoms with E-state index in [0.29, 0.717) is 19.8 Å². The van der Waals surface area contributed by atoms with Crippen LogP contribution in [0.4, 0.5) is 0 Å². The summed E-state index contributed by atoms with van der Waals surface area (Å²) in [6.45, 7) is 3.42. The molecule has 0 bridgehead atoms. The Kier molecular flexibility index (Phi) is 10.8. The molecule has 0 aromatic heterocycles. The lowest BCUT2D eigenvalue weighted by atomic mass is 10.1. The number of aliphatic carboxylic acids is 1. The summed E-state index contributed by atoms with van der Waals surface area (Å²) in [6.07, 6.45) is 4.14. The zero-order chi connectivity index (χ0) is 19.9. The maximum atomic E-state index is 10.5. The van der Waals surface area contributed by atoms with Crippen molar-refractivity contribution in [3.05, 3.63) is 65.7 Å². The topological polar surface area (TPSA) is 67.8 Å². The van der Waals surface area contributed by atoms with Gasteiger partial charge in [-0.15, -0.1) is 0 Å². The van der Waals surface area contributed by atoms with Gasteiger partial charge in [-0.25, -0.2) is 0 Å². The Bertz CT molecular complexity index is 675. The predicted octanol–water partition coefficient (Wildman–Crippen LogP) is 4.06. The van der Waals surface area contributed by atoms with Gasteiger partial charge < -0.3 is 19.9 Å². The molecule has 0 saturated carbocycles. The Balaban J connectivity index is 1.50. The molecule has 2 aromatic rings. The van der Waals surface area contributed by atoms with Crippen molar-refractivity contribution in [1.82, 2.24) is 5.32 Å². The summed E-state index contributed by atoms with van der Waals surface area (Å²) in [6, 6.07) is 18.3. The summed E-state index contributed by atoms with van der Waals surface area (Å²) >= 11 is 0. The van der Waals surface area contributed by atoms with Crippen LogP contribution in [0.1, 0.15) is 36.8 Å². The summed E-state index contributed by atoms with van der Waals surface area (Å²) in [5, 5.41) is 11.8. The van der Waals surface area contributed by atoms with E-state index in [0.717, 1.165) is 44.6 Å². The van der Waals surface area contributed by atoms with Crippen molar-refractivity contribution in [3.63, 3.8) is 0 Å². The summed E-state index contributed by atoms with van der Waals surface area (Å²) in [4.78, 5) is 10.5. The summed E-state index contributed by atoms with van der Waals surface area (Å²) in [5.74, 6) is 0.119. The van der Waals surface area contributed by atoms with Gasteiger partial charge >= 0.3 is 5.97 Å². The molecule has 0 aliphatic rings. The molecule has 0 fully saturated rings. The zero-order valence-electron chi connectivity index (χ0n) is 16.4. The van der Waals surface area contributed by atoms with E-state index in [9.17, 15) is 4.79 Å². The number of unbranched alkanes of at least 4 members (excludes halogenated alkanes) is 2. The summed E-state index contributed by atoms with van der Waals surface area (Å²) < 4.78 is 11.5. The lowest BCUT2D eigenvalue weighted by Gasteiger charge is -2.09. The molecule has 0 spiro atoms. The van der Waals surface area contributed by atoms with Crippen molar-refractivity contribution >= 4 is 5.97 Å². The monoisotopic (exact) mass is 385 g/mol. The fraction of sp³-hybridized carbons (Fsp3) is 0.435. The minimum absolute atomic E-state index is 0.153. The van der Waals surface area contributed by atoms with E-state index in [1.165, 1.54) is 11.1 Å². The molecular formula is C23H31NO4. The lowest BCUT2D eigenvalue weighted by Crippen LogP contribution is -2.20. The summed E-state index contributed by atoms with van der Waals surface area (Å²) in [5.41, 5.74) is 2.40. The van der Waals surface area contributed by atoms with Gasteiger partial charge in [0.2, 0.25) is 0 Å². The van der Waals surface area contributed by atoms with E-state index in [-0.39, 0.29) is 6.42 Å². The van der Waals surface area contributed by atoms with Gasteiger partial charge in [0.05, 0.1) is 19.6 Å². The van der Waals surface area contributed by atoms with Crippen LogP contribution in [-0.4, -0.2) is 37.4 Å². The van der Waals surface area contributed by atoms with Crippen LogP contribution in [0.25, 0.3) is 0 Å². The number of nitrogens with one attached hydrogen (secondary N) is 1. The Labute approximate surface area is 167 Å². The molecule has 2 rings (SSSR count). The zero-order valence-corrected chi connectivity index (χ0v) is 16.4. The highest BCUT2D eigenvalue weighted by Crippen LogP contribution is 2.14. The highest BCUT2D eigenvalue weighted by Gasteiger charge is 2.00. The Hall–Kier alpha value is -2.37. The standard InChI is InChI=1S/C23H31NO4/c25-23(26)13-15-24-14-12-20-10-7-11-22(18-20)28-17-6-2-5-16-27-19-21-8-3-1-4-9-21/h1,3-4,7-11,18,24H,2,5-6,12-17,19H2,(H,25,26). The summed E-state index contributed by atoms with van der Waals surface area (Å²) in [7, 11) is 0. The molecule has 152 valence electrons. The van der Waals surface area contributed by atoms with Gasteiger partial charge in [-0.05, 0) is 55.5 Å². The number of hydrogen-bond donors (Lipinski definition) is 2. The minimum atomic E-state index is -0.773. The first-order chi connectivity index (χ1) is 13.7. The van der Waals surface area contributed by atoms with Gasteiger partial charge in [-0.2, -0.15) is 0 Å². The Morgan fingerprint density at radius 1 is 0.893 bits per heavy atom. The van der Waals surface area contributed by atoms with Crippen molar-refractivity contribution in [2.24, 2.45) is 0 Å². The minimum Gasteiger partial charge on any atom is -0.494 e. The van der Waals surface area contributed by atoms with Crippen molar-refractivity contribution < 1.29 is 19.4 Å². The van der Waals surface area contributed by atoms with E-state index in [2.05, 4.69) is 29.6 Å². The van der Waals surface area contributed by atoms with Crippen molar-refractivity contribution in [2.75, 3.05) is 26.3 Å². The number of ether oxygens (including phenoxy) is 2. The van der Waals surface area contributed by atoms with Crippen LogP contribution in [0.3, 0.4) is 0 Å². The normalized spacial score (nSPS) is 10.7. The highest BCUT2D eigenvalue weighted by molar-refractivity contribution is 5.66. The van der Waals surface area contributed by atoms with Crippen LogP contribution in [-0.2, 0) is 22.6 Å². The van der Waals surface area contributed by atoms with Gasteiger partial charge in [0, 0.05) is 13.2 Å². The number of carbonyl (C=O) groups is 1. The number of carboxylic acid groups (broad SMARTS) is 1. The fourth-order valence-corrected chi connectivity index (χ4v) is 2.78. The second-order valence-corrected chi connectivity index (χ2v) is 6.74. The van der Waals surface area contributed by atoms with Crippen LogP contribution in [0.15, 0.2) is 54.6 Å². The first kappa shape index (κ1) is 21.9. The third kappa shape index (κ3) is 10.1. The lowest BCUT2D eigenvalue weighted by molar-refractivity contribution is -0.136. The first-order valence-corrected chi connectivity index (χ1v) is 10.00. The molecule has 0 saturated heterocycles. The van der Waals surface area contributed by atoms with Crippen molar-refractivity contribution in [3.8, 4) is 5.75 Å². The second-order valence-electron chi connectivity index (χ2n) is 6.74. The molecule has 0 unspecified atom stereocenters. The highest BCUT2D eigenvalue weighted by atomic mass is 16.5. The van der Waals surface area contributed by atoms with Crippen LogP contribution in [0.5, 0.6) is 5.75 Å². The smallest absolute Gasteiger partial charge is 0.304 e. The van der Waals surface area contributed by atoms with Gasteiger partial charge in [0.1, 0.15) is 5.75 Å². The molecule has 0 aliphatic heterocycles. The predicted molar refractivity (Wildman–Crippen MR) is 111 cm³/mol. The van der Waals surface area contributed by atoms with Crippen molar-refractivity contribution in [1.29, 1.82) is 0 Å². The van der Waals surface area contributed by atoms with Gasteiger partial charge in [-0.3, -0.25) is 4.79 Å². The van der Waals surface area contributed by atoms with Crippen LogP contribution < -0.4 is 10.1 Å². The SMILES string of the molecule is O=C(O)CCNCCc1cccc(OCCCCCOCc2ccccc2)c1. The van der Waals surface area contributed by atoms with E-state index in [1.807, 2.05) is 30.3 Å². The molecule has 0 aliphatic carbocycles. The molecule has 0 atom stereocenters. The van der Waals surface area contributed by atoms with Crippen LogP contribution in [0, 0.1) is 0 Å². The second kappa shape index (κ2) is 13.7. The molecule has 2 aromatic carbocycles. The molecular weight excluding hydrogens is 354 g/mol. The van der Waals surface area contributed by atoms with E-state index in [1.54, 1.807) is 0 Å². The van der Waals surface area contributed by atoms with Crippen molar-refractivity contribution in [2.45, 2.75) is 38.7 Å². The van der Waals surface area contributed by atoms with Gasteiger partial charge in [0.15, 0.2) is 0 Å². The first-order valence-electron chi connectivity index (χ1n) is 10.00. The average molecular weight is 386 g/mol. The van der Waals surface area contributed by atoms with Crippen LogP contribution >= 0.6 is 0 Å². The van der Waals surface area contributed by atoms with Gasteiger partial charge in [-0.1, -0.05) is 42.5 Å². The Morgan fingerprint density at radius 3 is 2.50 bits per heavy atom. The molecule has 2 N–H and O–H groups in total. The number of hydrogen-bond acceptors (Lipinski definition) is 4. The molecule has 0 heterocycles. The van der Waals surface area contributed by atoms with E-state index < -0.39 is 5.97 Å². The molecule has 0 radical (unpaired) electrons.